The lowest BCUT2D eigenvalue weighted by Gasteiger charge is -2.09. The maximum atomic E-state index is 13.6. The van der Waals surface area contributed by atoms with E-state index in [1.807, 2.05) is 6.07 Å². The molecule has 0 saturated carbocycles. The number of nitrogens with zero attached hydrogens (tertiary/aromatic N) is 1. The minimum Gasteiger partial charge on any atom is -0.378 e. The molecule has 0 heterocycles. The number of rotatable bonds is 3. The Bertz CT molecular complexity index is 645. The van der Waals surface area contributed by atoms with Crippen molar-refractivity contribution in [3.8, 4) is 6.07 Å². The smallest absolute Gasteiger partial charge is 0.146 e. The maximum Gasteiger partial charge on any atom is 0.146 e. The van der Waals surface area contributed by atoms with Gasteiger partial charge in [-0.2, -0.15) is 5.26 Å². The third-order valence-corrected chi connectivity index (χ3v) is 2.77. The van der Waals surface area contributed by atoms with Crippen LogP contribution in [-0.4, -0.2) is 0 Å². The molecule has 2 aromatic carbocycles. The molecule has 96 valence electrons. The number of nitrogens with one attached hydrogen (secondary N) is 1. The normalized spacial score (nSPS) is 10.0. The Balaban J connectivity index is 2.16. The van der Waals surface area contributed by atoms with E-state index in [9.17, 15) is 8.78 Å². The van der Waals surface area contributed by atoms with Crippen molar-refractivity contribution in [1.29, 1.82) is 5.26 Å². The number of hydrogen-bond donors (Lipinski definition) is 1. The predicted molar refractivity (Wildman–Crippen MR) is 69.6 cm³/mol. The van der Waals surface area contributed by atoms with Gasteiger partial charge in [0.15, 0.2) is 0 Å². The van der Waals surface area contributed by atoms with Crippen molar-refractivity contribution in [2.75, 3.05) is 5.32 Å². The lowest BCUT2D eigenvalue weighted by molar-refractivity contribution is 0.610. The van der Waals surface area contributed by atoms with E-state index in [2.05, 4.69) is 5.32 Å². The quantitative estimate of drug-likeness (QED) is 0.909. The summed E-state index contributed by atoms with van der Waals surface area (Å²) in [5.74, 6) is -0.795. The van der Waals surface area contributed by atoms with Gasteiger partial charge in [-0.3, -0.25) is 0 Å². The fraction of sp³-hybridized carbons (Fsp3) is 0.133. The Morgan fingerprint density at radius 1 is 1.11 bits per heavy atom. The lowest BCUT2D eigenvalue weighted by atomic mass is 10.1. The van der Waals surface area contributed by atoms with Gasteiger partial charge in [0.2, 0.25) is 0 Å². The molecule has 0 spiro atoms. The molecular weight excluding hydrogens is 246 g/mol. The predicted octanol–water partition coefficient (Wildman–Crippen LogP) is 3.76. The van der Waals surface area contributed by atoms with Crippen molar-refractivity contribution in [1.82, 2.24) is 0 Å². The minimum atomic E-state index is -0.418. The van der Waals surface area contributed by atoms with Gasteiger partial charge < -0.3 is 5.32 Å². The zero-order chi connectivity index (χ0) is 13.8. The van der Waals surface area contributed by atoms with E-state index in [0.717, 1.165) is 5.56 Å². The van der Waals surface area contributed by atoms with Crippen molar-refractivity contribution < 1.29 is 8.78 Å². The number of aryl methyl sites for hydroxylation is 1. The first kappa shape index (κ1) is 13.0. The van der Waals surface area contributed by atoms with Crippen molar-refractivity contribution in [2.45, 2.75) is 13.5 Å². The van der Waals surface area contributed by atoms with E-state index in [4.69, 9.17) is 5.26 Å². The Kier molecular flexibility index (Phi) is 3.76. The summed E-state index contributed by atoms with van der Waals surface area (Å²) in [6, 6.07) is 10.8. The fourth-order valence-corrected chi connectivity index (χ4v) is 1.73. The summed E-state index contributed by atoms with van der Waals surface area (Å²) in [6.07, 6.45) is 0. The van der Waals surface area contributed by atoms with Crippen LogP contribution in [0.25, 0.3) is 0 Å². The van der Waals surface area contributed by atoms with Crippen molar-refractivity contribution >= 4 is 5.69 Å². The standard InChI is InChI=1S/C15H12F2N2/c1-10-2-5-15(14(17)6-10)19-9-12-7-11(8-18)3-4-13(12)16/h2-7,19H,9H2,1H3. The van der Waals surface area contributed by atoms with Gasteiger partial charge in [-0.05, 0) is 42.8 Å². The van der Waals surface area contributed by atoms with Crippen LogP contribution >= 0.6 is 0 Å². The Hall–Kier alpha value is -2.41. The molecular formula is C15H12F2N2. The molecule has 2 nitrogen and oxygen atoms in total. The monoisotopic (exact) mass is 258 g/mol. The topological polar surface area (TPSA) is 35.8 Å². The molecule has 0 saturated heterocycles. The average molecular weight is 258 g/mol. The van der Waals surface area contributed by atoms with Gasteiger partial charge in [-0.1, -0.05) is 6.07 Å². The van der Waals surface area contributed by atoms with Gasteiger partial charge in [0.1, 0.15) is 11.6 Å². The highest BCUT2D eigenvalue weighted by Gasteiger charge is 2.06. The van der Waals surface area contributed by atoms with E-state index in [1.165, 1.54) is 24.3 Å². The molecule has 0 aliphatic heterocycles. The molecule has 0 aromatic heterocycles. The zero-order valence-corrected chi connectivity index (χ0v) is 10.4. The van der Waals surface area contributed by atoms with Gasteiger partial charge >= 0.3 is 0 Å². The Morgan fingerprint density at radius 2 is 1.89 bits per heavy atom. The second kappa shape index (κ2) is 5.49. The second-order valence-electron chi connectivity index (χ2n) is 4.25. The summed E-state index contributed by atoms with van der Waals surface area (Å²) in [4.78, 5) is 0. The Morgan fingerprint density at radius 3 is 2.58 bits per heavy atom. The second-order valence-corrected chi connectivity index (χ2v) is 4.25. The third-order valence-electron chi connectivity index (χ3n) is 2.77. The maximum absolute atomic E-state index is 13.6. The first-order chi connectivity index (χ1) is 9.10. The number of anilines is 1. The Labute approximate surface area is 110 Å². The van der Waals surface area contributed by atoms with Gasteiger partial charge in [0.25, 0.3) is 0 Å². The summed E-state index contributed by atoms with van der Waals surface area (Å²) in [6.45, 7) is 1.92. The molecule has 1 N–H and O–H groups in total. The summed E-state index contributed by atoms with van der Waals surface area (Å²) in [5, 5.41) is 11.6. The first-order valence-corrected chi connectivity index (χ1v) is 5.78. The number of hydrogen-bond acceptors (Lipinski definition) is 2. The van der Waals surface area contributed by atoms with Crippen LogP contribution < -0.4 is 5.32 Å². The van der Waals surface area contributed by atoms with Crippen LogP contribution in [0.1, 0.15) is 16.7 Å². The number of halogens is 2. The molecule has 19 heavy (non-hydrogen) atoms. The summed E-state index contributed by atoms with van der Waals surface area (Å²) in [5.41, 5.74) is 1.84. The molecule has 0 amide bonds. The van der Waals surface area contributed by atoms with Crippen LogP contribution in [0.5, 0.6) is 0 Å². The van der Waals surface area contributed by atoms with Crippen molar-refractivity contribution in [2.24, 2.45) is 0 Å². The molecule has 0 aliphatic carbocycles. The van der Waals surface area contributed by atoms with Crippen molar-refractivity contribution in [3.05, 3.63) is 64.7 Å². The number of nitriles is 1. The van der Waals surface area contributed by atoms with Crippen LogP contribution in [-0.2, 0) is 6.54 Å². The summed E-state index contributed by atoms with van der Waals surface area (Å²) < 4.78 is 27.1. The minimum absolute atomic E-state index is 0.126. The third kappa shape index (κ3) is 3.08. The molecule has 0 radical (unpaired) electrons. The van der Waals surface area contributed by atoms with Gasteiger partial charge in [-0.25, -0.2) is 8.78 Å². The summed E-state index contributed by atoms with van der Waals surface area (Å²) >= 11 is 0. The van der Waals surface area contributed by atoms with E-state index in [-0.39, 0.29) is 12.4 Å². The highest BCUT2D eigenvalue weighted by atomic mass is 19.1. The highest BCUT2D eigenvalue weighted by Crippen LogP contribution is 2.17. The summed E-state index contributed by atoms with van der Waals surface area (Å²) in [7, 11) is 0. The van der Waals surface area contributed by atoms with Crippen LogP contribution in [0.15, 0.2) is 36.4 Å². The molecule has 0 atom stereocenters. The molecule has 4 heteroatoms. The van der Waals surface area contributed by atoms with E-state index >= 15 is 0 Å². The number of benzene rings is 2. The van der Waals surface area contributed by atoms with E-state index in [1.54, 1.807) is 19.1 Å². The van der Waals surface area contributed by atoms with Gasteiger partial charge in [0, 0.05) is 12.1 Å². The zero-order valence-electron chi connectivity index (χ0n) is 10.4. The van der Waals surface area contributed by atoms with Gasteiger partial charge in [0.05, 0.1) is 17.3 Å². The molecule has 0 fully saturated rings. The molecule has 0 bridgehead atoms. The van der Waals surface area contributed by atoms with Crippen LogP contribution in [0, 0.1) is 29.9 Å². The average Bonchev–Trinajstić information content (AvgIpc) is 2.39. The van der Waals surface area contributed by atoms with Crippen LogP contribution in [0.2, 0.25) is 0 Å². The fourth-order valence-electron chi connectivity index (χ4n) is 1.73. The van der Waals surface area contributed by atoms with Crippen molar-refractivity contribution in [3.63, 3.8) is 0 Å². The molecule has 0 unspecified atom stereocenters. The SMILES string of the molecule is Cc1ccc(NCc2cc(C#N)ccc2F)c(F)c1. The molecule has 2 aromatic rings. The van der Waals surface area contributed by atoms with Gasteiger partial charge in [-0.15, -0.1) is 0 Å². The van der Waals surface area contributed by atoms with Crippen LogP contribution in [0.4, 0.5) is 14.5 Å². The largest absolute Gasteiger partial charge is 0.378 e. The molecule has 0 aliphatic rings. The van der Waals surface area contributed by atoms with E-state index < -0.39 is 5.82 Å². The van der Waals surface area contributed by atoms with E-state index in [0.29, 0.717) is 16.8 Å². The first-order valence-electron chi connectivity index (χ1n) is 5.78. The van der Waals surface area contributed by atoms with Crippen LogP contribution in [0.3, 0.4) is 0 Å². The highest BCUT2D eigenvalue weighted by molar-refractivity contribution is 5.47. The lowest BCUT2D eigenvalue weighted by Crippen LogP contribution is -2.04. The molecule has 2 rings (SSSR count).